The topological polar surface area (TPSA) is 66.4 Å². The van der Waals surface area contributed by atoms with E-state index in [1.807, 2.05) is 6.07 Å². The highest BCUT2D eigenvalue weighted by Gasteiger charge is 2.38. The van der Waals surface area contributed by atoms with Crippen molar-refractivity contribution in [1.82, 2.24) is 0 Å². The van der Waals surface area contributed by atoms with Crippen molar-refractivity contribution in [3.05, 3.63) is 23.3 Å². The minimum atomic E-state index is -1.97. The number of hydrogen-bond acceptors (Lipinski definition) is 6. The fraction of sp³-hybridized carbons (Fsp3) is 0.714. The van der Waals surface area contributed by atoms with E-state index >= 15 is 0 Å². The molecule has 28 heavy (non-hydrogen) atoms. The number of ether oxygens (including phenoxy) is 4. The standard InChI is InChI=1S/C21H38O6Si/c1-20(2,3)28(9,10)26-14-15-11-16(23-6)12-17(24-7)19(15)18(13-22)27-21(4,5)25-8/h11-12,18,22H,13-14H2,1-10H3/t18-/m0/s1. The van der Waals surface area contributed by atoms with E-state index in [1.165, 1.54) is 0 Å². The summed E-state index contributed by atoms with van der Waals surface area (Å²) in [6.07, 6.45) is -0.631. The highest BCUT2D eigenvalue weighted by atomic mass is 28.4. The van der Waals surface area contributed by atoms with Crippen LogP contribution in [0, 0.1) is 0 Å². The smallest absolute Gasteiger partial charge is 0.192 e. The van der Waals surface area contributed by atoms with Gasteiger partial charge in [-0.1, -0.05) is 20.8 Å². The molecule has 0 radical (unpaired) electrons. The maximum Gasteiger partial charge on any atom is 0.192 e. The van der Waals surface area contributed by atoms with Crippen LogP contribution in [-0.4, -0.2) is 47.1 Å². The molecule has 7 heteroatoms. The highest BCUT2D eigenvalue weighted by Crippen LogP contribution is 2.40. The Kier molecular flexibility index (Phi) is 8.53. The summed E-state index contributed by atoms with van der Waals surface area (Å²) in [6, 6.07) is 3.70. The van der Waals surface area contributed by atoms with Crippen molar-refractivity contribution in [3.63, 3.8) is 0 Å². The molecule has 0 heterocycles. The number of benzene rings is 1. The summed E-state index contributed by atoms with van der Waals surface area (Å²) >= 11 is 0. The van der Waals surface area contributed by atoms with Crippen LogP contribution in [0.4, 0.5) is 0 Å². The average Bonchev–Trinajstić information content (AvgIpc) is 2.62. The van der Waals surface area contributed by atoms with Crippen LogP contribution in [0.5, 0.6) is 11.5 Å². The summed E-state index contributed by atoms with van der Waals surface area (Å²) in [5.41, 5.74) is 1.61. The largest absolute Gasteiger partial charge is 0.497 e. The van der Waals surface area contributed by atoms with E-state index in [9.17, 15) is 5.11 Å². The molecule has 0 aliphatic rings. The van der Waals surface area contributed by atoms with Crippen LogP contribution in [0.3, 0.4) is 0 Å². The van der Waals surface area contributed by atoms with Crippen molar-refractivity contribution < 1.29 is 28.5 Å². The lowest BCUT2D eigenvalue weighted by atomic mass is 10.0. The fourth-order valence-electron chi connectivity index (χ4n) is 2.48. The van der Waals surface area contributed by atoms with Crippen LogP contribution >= 0.6 is 0 Å². The second-order valence-electron chi connectivity index (χ2n) is 8.84. The summed E-state index contributed by atoms with van der Waals surface area (Å²) in [5, 5.41) is 10.2. The summed E-state index contributed by atoms with van der Waals surface area (Å²) in [6.45, 7) is 14.8. The van der Waals surface area contributed by atoms with E-state index in [2.05, 4.69) is 33.9 Å². The van der Waals surface area contributed by atoms with Gasteiger partial charge in [0, 0.05) is 18.7 Å². The molecule has 1 aromatic carbocycles. The molecule has 0 bridgehead atoms. The molecule has 1 N–H and O–H groups in total. The molecule has 0 saturated carbocycles. The molecule has 0 amide bonds. The molecule has 1 atom stereocenters. The van der Waals surface area contributed by atoms with Crippen LogP contribution in [0.2, 0.25) is 18.1 Å². The Hall–Kier alpha value is -1.12. The van der Waals surface area contributed by atoms with Gasteiger partial charge in [0.05, 0.1) is 27.4 Å². The molecule has 0 aliphatic heterocycles. The monoisotopic (exact) mass is 414 g/mol. The number of methoxy groups -OCH3 is 3. The van der Waals surface area contributed by atoms with E-state index in [0.29, 0.717) is 18.1 Å². The third kappa shape index (κ3) is 6.19. The molecule has 6 nitrogen and oxygen atoms in total. The van der Waals surface area contributed by atoms with E-state index < -0.39 is 20.2 Å². The summed E-state index contributed by atoms with van der Waals surface area (Å²) in [5.74, 6) is 0.381. The van der Waals surface area contributed by atoms with Gasteiger partial charge in [0.15, 0.2) is 14.1 Å². The summed E-state index contributed by atoms with van der Waals surface area (Å²) < 4.78 is 28.9. The third-order valence-corrected chi connectivity index (χ3v) is 9.94. The molecular formula is C21H38O6Si. The average molecular weight is 415 g/mol. The molecule has 0 fully saturated rings. The molecule has 0 aliphatic carbocycles. The molecule has 1 rings (SSSR count). The van der Waals surface area contributed by atoms with Crippen LogP contribution < -0.4 is 9.47 Å². The minimum absolute atomic E-state index is 0.0844. The first-order valence-corrected chi connectivity index (χ1v) is 12.4. The second-order valence-corrected chi connectivity index (χ2v) is 13.7. The second kappa shape index (κ2) is 9.58. The van der Waals surface area contributed by atoms with Crippen LogP contribution in [-0.2, 0) is 20.5 Å². The van der Waals surface area contributed by atoms with Gasteiger partial charge in [-0.05, 0) is 43.6 Å². The first kappa shape index (κ1) is 24.9. The number of rotatable bonds is 10. The Morgan fingerprint density at radius 1 is 1.00 bits per heavy atom. The first-order chi connectivity index (χ1) is 12.8. The van der Waals surface area contributed by atoms with Gasteiger partial charge in [0.25, 0.3) is 0 Å². The van der Waals surface area contributed by atoms with E-state index in [-0.39, 0.29) is 11.6 Å². The van der Waals surface area contributed by atoms with Gasteiger partial charge in [-0.15, -0.1) is 0 Å². The van der Waals surface area contributed by atoms with Crippen LogP contribution in [0.25, 0.3) is 0 Å². The Morgan fingerprint density at radius 2 is 1.61 bits per heavy atom. The lowest BCUT2D eigenvalue weighted by molar-refractivity contribution is -0.231. The van der Waals surface area contributed by atoms with Gasteiger partial charge in [0.1, 0.15) is 17.6 Å². The van der Waals surface area contributed by atoms with E-state index in [4.69, 9.17) is 23.4 Å². The molecule has 1 aromatic rings. The van der Waals surface area contributed by atoms with Gasteiger partial charge >= 0.3 is 0 Å². The summed E-state index contributed by atoms with van der Waals surface area (Å²) in [4.78, 5) is 0. The van der Waals surface area contributed by atoms with Gasteiger partial charge < -0.3 is 28.5 Å². The van der Waals surface area contributed by atoms with Gasteiger partial charge in [-0.2, -0.15) is 0 Å². The van der Waals surface area contributed by atoms with Gasteiger partial charge in [-0.3, -0.25) is 0 Å². The van der Waals surface area contributed by atoms with E-state index in [0.717, 1.165) is 11.1 Å². The number of hydrogen-bond donors (Lipinski definition) is 1. The third-order valence-electron chi connectivity index (χ3n) is 5.46. The van der Waals surface area contributed by atoms with Crippen LogP contribution in [0.1, 0.15) is 51.8 Å². The quantitative estimate of drug-likeness (QED) is 0.444. The zero-order valence-corrected chi connectivity index (χ0v) is 20.1. The van der Waals surface area contributed by atoms with Crippen molar-refractivity contribution in [2.75, 3.05) is 27.9 Å². The fourth-order valence-corrected chi connectivity index (χ4v) is 3.43. The van der Waals surface area contributed by atoms with Crippen molar-refractivity contribution in [1.29, 1.82) is 0 Å². The van der Waals surface area contributed by atoms with Crippen molar-refractivity contribution in [3.8, 4) is 11.5 Å². The summed E-state index contributed by atoms with van der Waals surface area (Å²) in [7, 11) is 2.80. The zero-order valence-electron chi connectivity index (χ0n) is 19.1. The van der Waals surface area contributed by atoms with Crippen LogP contribution in [0.15, 0.2) is 12.1 Å². The molecular weight excluding hydrogens is 376 g/mol. The minimum Gasteiger partial charge on any atom is -0.497 e. The van der Waals surface area contributed by atoms with Crippen molar-refractivity contribution in [2.45, 2.75) is 71.2 Å². The SMILES string of the molecule is COc1cc(CO[Si](C)(C)C(C)(C)C)c([C@H](CO)OC(C)(C)OC)c(OC)c1. The van der Waals surface area contributed by atoms with Crippen molar-refractivity contribution >= 4 is 8.32 Å². The Balaban J connectivity index is 3.40. The molecule has 0 aromatic heterocycles. The maximum atomic E-state index is 10.1. The normalized spacial score (nSPS) is 14.1. The zero-order chi connectivity index (χ0) is 21.8. The molecule has 0 spiro atoms. The maximum absolute atomic E-state index is 10.1. The lowest BCUT2D eigenvalue weighted by Crippen LogP contribution is -2.40. The van der Waals surface area contributed by atoms with Crippen molar-refractivity contribution in [2.24, 2.45) is 0 Å². The Labute approximate surface area is 171 Å². The molecule has 0 unspecified atom stereocenters. The first-order valence-electron chi connectivity index (χ1n) is 9.54. The van der Waals surface area contributed by atoms with Gasteiger partial charge in [-0.25, -0.2) is 0 Å². The molecule has 0 saturated heterocycles. The molecule has 162 valence electrons. The lowest BCUT2D eigenvalue weighted by Gasteiger charge is -2.37. The predicted molar refractivity (Wildman–Crippen MR) is 114 cm³/mol. The highest BCUT2D eigenvalue weighted by molar-refractivity contribution is 6.74. The Morgan fingerprint density at radius 3 is 2.04 bits per heavy atom. The number of aliphatic hydroxyl groups excluding tert-OH is 1. The van der Waals surface area contributed by atoms with E-state index in [1.54, 1.807) is 41.2 Å². The predicted octanol–water partition coefficient (Wildman–Crippen LogP) is 4.66. The number of aliphatic hydroxyl groups is 1. The van der Waals surface area contributed by atoms with Gasteiger partial charge in [0.2, 0.25) is 0 Å². The Bertz CT molecular complexity index is 637.